The molecule has 1 unspecified atom stereocenters. The number of carbonyl (C=O) groups is 2. The predicted octanol–water partition coefficient (Wildman–Crippen LogP) is 3.08. The first-order valence-electron chi connectivity index (χ1n) is 8.32. The van der Waals surface area contributed by atoms with Crippen molar-refractivity contribution in [1.82, 2.24) is 9.55 Å². The van der Waals surface area contributed by atoms with Crippen LogP contribution in [0.1, 0.15) is 45.3 Å². The number of thioether (sulfide) groups is 1. The van der Waals surface area contributed by atoms with E-state index in [1.54, 1.807) is 7.11 Å². The number of methoxy groups -OCH3 is 1. The van der Waals surface area contributed by atoms with Gasteiger partial charge in [0.25, 0.3) is 0 Å². The lowest BCUT2D eigenvalue weighted by Gasteiger charge is -2.17. The number of thiazole rings is 1. The third kappa shape index (κ3) is 4.75. The fourth-order valence-electron chi connectivity index (χ4n) is 3.04. The first kappa shape index (κ1) is 20.7. The van der Waals surface area contributed by atoms with Gasteiger partial charge in [-0.05, 0) is 33.8 Å². The molecule has 1 atom stereocenters. The van der Waals surface area contributed by atoms with Gasteiger partial charge in [0.15, 0.2) is 10.1 Å². The van der Waals surface area contributed by atoms with Crippen molar-refractivity contribution in [3.05, 3.63) is 33.6 Å². The summed E-state index contributed by atoms with van der Waals surface area (Å²) >= 11 is 2.83. The molecule has 2 rings (SSSR count). The van der Waals surface area contributed by atoms with Crippen LogP contribution in [0.15, 0.2) is 10.4 Å². The molecule has 2 N–H and O–H groups in total. The molecule has 0 bridgehead atoms. The van der Waals surface area contributed by atoms with E-state index in [0.29, 0.717) is 12.4 Å². The molecular formula is C18H25N3O3S2. The number of nitrogens with two attached hydrogens (primary N) is 1. The van der Waals surface area contributed by atoms with Crippen LogP contribution in [-0.2, 0) is 16.0 Å². The van der Waals surface area contributed by atoms with Crippen molar-refractivity contribution in [3.63, 3.8) is 0 Å². The Morgan fingerprint density at radius 2 is 2.08 bits per heavy atom. The minimum Gasteiger partial charge on any atom is -0.383 e. The van der Waals surface area contributed by atoms with Gasteiger partial charge in [-0.25, -0.2) is 4.98 Å². The van der Waals surface area contributed by atoms with Gasteiger partial charge < -0.3 is 15.0 Å². The largest absolute Gasteiger partial charge is 0.383 e. The lowest BCUT2D eigenvalue weighted by Crippen LogP contribution is -2.14. The highest BCUT2D eigenvalue weighted by Crippen LogP contribution is 2.29. The van der Waals surface area contributed by atoms with E-state index in [1.165, 1.54) is 23.1 Å². The van der Waals surface area contributed by atoms with Crippen molar-refractivity contribution >= 4 is 34.8 Å². The summed E-state index contributed by atoms with van der Waals surface area (Å²) in [7, 11) is 1.68. The summed E-state index contributed by atoms with van der Waals surface area (Å²) < 4.78 is 8.16. The van der Waals surface area contributed by atoms with Gasteiger partial charge >= 0.3 is 0 Å². The first-order valence-corrected chi connectivity index (χ1v) is 10.1. The third-order valence-corrected chi connectivity index (χ3v) is 6.47. The molecule has 0 aliphatic rings. The summed E-state index contributed by atoms with van der Waals surface area (Å²) in [5.74, 6) is 0.0107. The Labute approximate surface area is 162 Å². The Kier molecular flexibility index (Phi) is 7.02. The van der Waals surface area contributed by atoms with Gasteiger partial charge in [0, 0.05) is 28.9 Å². The normalized spacial score (nSPS) is 12.3. The van der Waals surface area contributed by atoms with Crippen LogP contribution in [0.4, 0.5) is 0 Å². The molecule has 2 aromatic heterocycles. The number of Topliss-reactive ketones (excluding diaryl/α,β-unsaturated/α-hetero) is 1. The van der Waals surface area contributed by atoms with Crippen LogP contribution < -0.4 is 5.73 Å². The highest BCUT2D eigenvalue weighted by molar-refractivity contribution is 8.01. The second-order valence-electron chi connectivity index (χ2n) is 6.30. The molecule has 26 heavy (non-hydrogen) atoms. The molecule has 2 aromatic rings. The molecule has 0 aromatic carbocycles. The summed E-state index contributed by atoms with van der Waals surface area (Å²) in [5.41, 5.74) is 8.80. The maximum Gasteiger partial charge on any atom is 0.222 e. The number of ketones is 1. The second kappa shape index (κ2) is 8.83. The second-order valence-corrected chi connectivity index (χ2v) is 8.61. The topological polar surface area (TPSA) is 87.2 Å². The number of aryl methyl sites for hydroxylation is 2. The maximum absolute atomic E-state index is 12.7. The number of rotatable bonds is 9. The molecule has 0 saturated carbocycles. The number of ether oxygens (including phenoxy) is 1. The number of aromatic nitrogens is 2. The monoisotopic (exact) mass is 395 g/mol. The maximum atomic E-state index is 12.7. The highest BCUT2D eigenvalue weighted by atomic mass is 32.2. The van der Waals surface area contributed by atoms with Gasteiger partial charge in [0.1, 0.15) is 0 Å². The Balaban J connectivity index is 2.09. The van der Waals surface area contributed by atoms with Crippen LogP contribution in [-0.4, -0.2) is 40.7 Å². The number of primary amides is 1. The standard InChI is InChI=1S/C18H25N3O3S2/c1-10-6-14(13(4)21(10)11(2)8-24-5)15(22)9-25-18-20-12(3)16(26-18)7-17(19)23/h6,11H,7-9H2,1-5H3,(H2,19,23). The van der Waals surface area contributed by atoms with Crippen LogP contribution in [0, 0.1) is 20.8 Å². The van der Waals surface area contributed by atoms with Gasteiger partial charge in [0.2, 0.25) is 5.91 Å². The Morgan fingerprint density at radius 1 is 1.38 bits per heavy atom. The van der Waals surface area contributed by atoms with Gasteiger partial charge in [-0.15, -0.1) is 11.3 Å². The van der Waals surface area contributed by atoms with E-state index in [-0.39, 0.29) is 24.2 Å². The van der Waals surface area contributed by atoms with Crippen LogP contribution in [0.2, 0.25) is 0 Å². The molecule has 0 radical (unpaired) electrons. The average molecular weight is 396 g/mol. The summed E-state index contributed by atoms with van der Waals surface area (Å²) in [4.78, 5) is 29.1. The van der Waals surface area contributed by atoms with Crippen molar-refractivity contribution in [2.45, 2.75) is 44.5 Å². The molecule has 142 valence electrons. The van der Waals surface area contributed by atoms with Crippen molar-refractivity contribution < 1.29 is 14.3 Å². The van der Waals surface area contributed by atoms with Crippen LogP contribution >= 0.6 is 23.1 Å². The summed E-state index contributed by atoms with van der Waals surface area (Å²) in [6, 6.07) is 2.11. The quantitative estimate of drug-likeness (QED) is 0.521. The Morgan fingerprint density at radius 3 is 2.69 bits per heavy atom. The fourth-order valence-corrected chi connectivity index (χ4v) is 5.17. The van der Waals surface area contributed by atoms with Gasteiger partial charge in [-0.3, -0.25) is 9.59 Å². The summed E-state index contributed by atoms with van der Waals surface area (Å²) in [5, 5.41) is 0. The zero-order valence-corrected chi connectivity index (χ0v) is 17.4. The number of hydrogen-bond acceptors (Lipinski definition) is 6. The smallest absolute Gasteiger partial charge is 0.222 e. The minimum absolute atomic E-state index is 0.0725. The summed E-state index contributed by atoms with van der Waals surface area (Å²) in [6.45, 7) is 8.50. The lowest BCUT2D eigenvalue weighted by molar-refractivity contribution is -0.117. The molecule has 2 heterocycles. The Hall–Kier alpha value is -1.64. The van der Waals surface area contributed by atoms with E-state index in [1.807, 2.05) is 26.8 Å². The van der Waals surface area contributed by atoms with Crippen molar-refractivity contribution in [2.24, 2.45) is 5.73 Å². The van der Waals surface area contributed by atoms with E-state index < -0.39 is 0 Å². The molecule has 0 aliphatic heterocycles. The van der Waals surface area contributed by atoms with E-state index in [9.17, 15) is 9.59 Å². The number of nitrogens with zero attached hydrogens (tertiary/aromatic N) is 2. The van der Waals surface area contributed by atoms with Crippen LogP contribution in [0.3, 0.4) is 0 Å². The number of amides is 1. The average Bonchev–Trinajstić information content (AvgIpc) is 3.04. The van der Waals surface area contributed by atoms with E-state index in [4.69, 9.17) is 10.5 Å². The summed E-state index contributed by atoms with van der Waals surface area (Å²) in [6.07, 6.45) is 0.191. The zero-order valence-electron chi connectivity index (χ0n) is 15.8. The van der Waals surface area contributed by atoms with Crippen molar-refractivity contribution in [1.29, 1.82) is 0 Å². The molecule has 0 aliphatic carbocycles. The molecule has 1 amide bonds. The van der Waals surface area contributed by atoms with E-state index >= 15 is 0 Å². The number of hydrogen-bond donors (Lipinski definition) is 1. The van der Waals surface area contributed by atoms with Crippen LogP contribution in [0.5, 0.6) is 0 Å². The molecule has 0 spiro atoms. The Bertz CT molecular complexity index is 811. The lowest BCUT2D eigenvalue weighted by atomic mass is 10.2. The van der Waals surface area contributed by atoms with Crippen LogP contribution in [0.25, 0.3) is 0 Å². The first-order chi connectivity index (χ1) is 12.2. The van der Waals surface area contributed by atoms with E-state index in [2.05, 4.69) is 16.5 Å². The van der Waals surface area contributed by atoms with Crippen molar-refractivity contribution in [3.8, 4) is 0 Å². The van der Waals surface area contributed by atoms with Gasteiger partial charge in [-0.1, -0.05) is 11.8 Å². The third-order valence-electron chi connectivity index (χ3n) is 4.17. The van der Waals surface area contributed by atoms with Gasteiger partial charge in [-0.2, -0.15) is 0 Å². The molecule has 6 nitrogen and oxygen atoms in total. The van der Waals surface area contributed by atoms with Gasteiger partial charge in [0.05, 0.1) is 30.5 Å². The molecule has 8 heteroatoms. The van der Waals surface area contributed by atoms with Crippen molar-refractivity contribution in [2.75, 3.05) is 19.5 Å². The fraction of sp³-hybridized carbons (Fsp3) is 0.500. The molecule has 0 fully saturated rings. The zero-order chi connectivity index (χ0) is 19.4. The predicted molar refractivity (Wildman–Crippen MR) is 105 cm³/mol. The minimum atomic E-state index is -0.373. The molecule has 0 saturated heterocycles. The molecular weight excluding hydrogens is 370 g/mol. The highest BCUT2D eigenvalue weighted by Gasteiger charge is 2.19. The SMILES string of the molecule is COCC(C)n1c(C)cc(C(=O)CSc2nc(C)c(CC(N)=O)s2)c1C. The van der Waals surface area contributed by atoms with E-state index in [0.717, 1.165) is 31.9 Å². The number of carbonyl (C=O) groups excluding carboxylic acids is 2.